The lowest BCUT2D eigenvalue weighted by Gasteiger charge is -2.04. The molecular formula is C18H20FN3. The highest BCUT2D eigenvalue weighted by Gasteiger charge is 2.17. The van der Waals surface area contributed by atoms with E-state index in [4.69, 9.17) is 16.7 Å². The van der Waals surface area contributed by atoms with Crippen molar-refractivity contribution in [2.24, 2.45) is 11.7 Å². The largest absolute Gasteiger partial charge is 0.396 e. The van der Waals surface area contributed by atoms with E-state index >= 15 is 0 Å². The van der Waals surface area contributed by atoms with Gasteiger partial charge in [-0.05, 0) is 67.1 Å². The van der Waals surface area contributed by atoms with Crippen molar-refractivity contribution in [3.05, 3.63) is 65.0 Å². The maximum atomic E-state index is 13.0. The van der Waals surface area contributed by atoms with E-state index in [1.807, 2.05) is 18.2 Å². The topological polar surface area (TPSA) is 75.8 Å². The lowest BCUT2D eigenvalue weighted by molar-refractivity contribution is 0.632. The molecule has 0 bridgehead atoms. The number of nitrogen functional groups attached to an aromatic ring is 1. The fourth-order valence-electron chi connectivity index (χ4n) is 2.04. The van der Waals surface area contributed by atoms with Gasteiger partial charge in [-0.2, -0.15) is 5.26 Å². The average molecular weight is 297 g/mol. The predicted molar refractivity (Wildman–Crippen MR) is 86.6 cm³/mol. The minimum Gasteiger partial charge on any atom is -0.396 e. The molecule has 1 saturated carbocycles. The van der Waals surface area contributed by atoms with Crippen molar-refractivity contribution in [1.29, 1.82) is 5.26 Å². The number of nitriles is 1. The Hall–Kier alpha value is -2.38. The molecule has 3 nitrogen and oxygen atoms in total. The highest BCUT2D eigenvalue weighted by atomic mass is 19.1. The smallest absolute Gasteiger partial charge is 0.146 e. The molecular weight excluding hydrogens is 277 g/mol. The molecule has 1 aliphatic rings. The zero-order valence-electron chi connectivity index (χ0n) is 12.4. The number of anilines is 1. The quantitative estimate of drug-likeness (QED) is 0.854. The van der Waals surface area contributed by atoms with Gasteiger partial charge in [-0.1, -0.05) is 18.2 Å². The van der Waals surface area contributed by atoms with E-state index in [0.29, 0.717) is 12.0 Å². The second kappa shape index (κ2) is 7.58. The van der Waals surface area contributed by atoms with Crippen LogP contribution in [-0.4, -0.2) is 6.54 Å². The summed E-state index contributed by atoms with van der Waals surface area (Å²) in [6, 6.07) is 14.1. The predicted octanol–water partition coefficient (Wildman–Crippen LogP) is 3.23. The van der Waals surface area contributed by atoms with E-state index in [2.05, 4.69) is 6.07 Å². The summed E-state index contributed by atoms with van der Waals surface area (Å²) in [5, 5.41) is 8.79. The average Bonchev–Trinajstić information content (AvgIpc) is 3.36. The van der Waals surface area contributed by atoms with Crippen molar-refractivity contribution in [2.75, 3.05) is 12.3 Å². The van der Waals surface area contributed by atoms with E-state index in [1.165, 1.54) is 18.9 Å². The Kier molecular flexibility index (Phi) is 5.51. The first-order chi connectivity index (χ1) is 10.6. The van der Waals surface area contributed by atoms with Gasteiger partial charge in [0.05, 0.1) is 17.3 Å². The fourth-order valence-corrected chi connectivity index (χ4v) is 2.04. The molecule has 0 unspecified atom stereocenters. The molecule has 4 N–H and O–H groups in total. The van der Waals surface area contributed by atoms with Gasteiger partial charge in [0.15, 0.2) is 0 Å². The van der Waals surface area contributed by atoms with Crippen molar-refractivity contribution in [2.45, 2.75) is 19.3 Å². The second-order valence-corrected chi connectivity index (χ2v) is 5.52. The molecule has 0 radical (unpaired) electrons. The van der Waals surface area contributed by atoms with Crippen LogP contribution in [0.2, 0.25) is 0 Å². The molecule has 2 aromatic carbocycles. The second-order valence-electron chi connectivity index (χ2n) is 5.52. The summed E-state index contributed by atoms with van der Waals surface area (Å²) in [4.78, 5) is 0. The van der Waals surface area contributed by atoms with Crippen molar-refractivity contribution in [1.82, 2.24) is 0 Å². The van der Waals surface area contributed by atoms with Crippen LogP contribution >= 0.6 is 0 Å². The Bertz CT molecular complexity index is 672. The van der Waals surface area contributed by atoms with Crippen molar-refractivity contribution >= 4 is 5.69 Å². The number of benzene rings is 2. The molecule has 4 heteroatoms. The molecule has 0 amide bonds. The molecule has 114 valence electrons. The molecule has 0 aliphatic heterocycles. The molecule has 0 atom stereocenters. The summed E-state index contributed by atoms with van der Waals surface area (Å²) < 4.78 is 13.0. The Morgan fingerprint density at radius 3 is 2.41 bits per heavy atom. The van der Waals surface area contributed by atoms with Crippen molar-refractivity contribution in [3.63, 3.8) is 0 Å². The monoisotopic (exact) mass is 297 g/mol. The van der Waals surface area contributed by atoms with Gasteiger partial charge in [0.25, 0.3) is 0 Å². The maximum Gasteiger partial charge on any atom is 0.146 e. The lowest BCUT2D eigenvalue weighted by atomic mass is 10.0. The Balaban J connectivity index is 0.000000299. The molecule has 0 aromatic heterocycles. The minimum atomic E-state index is -0.403. The standard InChI is InChI=1S/C14H11FN2.C4H9N/c15-13-5-4-11(8-14(13)17)6-10-2-1-3-12(7-10)9-16;5-3-4-1-2-4/h1-5,7-8H,6,17H2;4H,1-3,5H2. The number of nitrogens with two attached hydrogens (primary N) is 2. The van der Waals surface area contributed by atoms with Crippen LogP contribution in [0.15, 0.2) is 42.5 Å². The van der Waals surface area contributed by atoms with Crippen LogP contribution in [0, 0.1) is 23.1 Å². The Morgan fingerprint density at radius 1 is 1.14 bits per heavy atom. The summed E-state index contributed by atoms with van der Waals surface area (Å²) >= 11 is 0. The van der Waals surface area contributed by atoms with Crippen LogP contribution in [0.5, 0.6) is 0 Å². The summed E-state index contributed by atoms with van der Waals surface area (Å²) in [5.74, 6) is 0.509. The number of halogens is 1. The first-order valence-electron chi connectivity index (χ1n) is 7.35. The SMILES string of the molecule is N#Cc1cccc(Cc2ccc(F)c(N)c2)c1.NCC1CC1. The van der Waals surface area contributed by atoms with Crippen LogP contribution in [0.3, 0.4) is 0 Å². The maximum absolute atomic E-state index is 13.0. The molecule has 1 aliphatic carbocycles. The van der Waals surface area contributed by atoms with Gasteiger partial charge in [-0.3, -0.25) is 0 Å². The third kappa shape index (κ3) is 4.87. The molecule has 0 heterocycles. The van der Waals surface area contributed by atoms with E-state index in [0.717, 1.165) is 23.6 Å². The van der Waals surface area contributed by atoms with Crippen LogP contribution in [0.4, 0.5) is 10.1 Å². The van der Waals surface area contributed by atoms with Crippen molar-refractivity contribution in [3.8, 4) is 6.07 Å². The van der Waals surface area contributed by atoms with Gasteiger partial charge in [0.1, 0.15) is 5.82 Å². The van der Waals surface area contributed by atoms with Gasteiger partial charge in [0.2, 0.25) is 0 Å². The fraction of sp³-hybridized carbons (Fsp3) is 0.278. The Morgan fingerprint density at radius 2 is 1.86 bits per heavy atom. The zero-order valence-corrected chi connectivity index (χ0v) is 12.4. The third-order valence-electron chi connectivity index (χ3n) is 3.55. The molecule has 0 spiro atoms. The van der Waals surface area contributed by atoms with E-state index in [-0.39, 0.29) is 5.69 Å². The van der Waals surface area contributed by atoms with E-state index in [1.54, 1.807) is 18.2 Å². The first kappa shape index (κ1) is 16.0. The van der Waals surface area contributed by atoms with Crippen LogP contribution in [0.25, 0.3) is 0 Å². The van der Waals surface area contributed by atoms with Crippen LogP contribution < -0.4 is 11.5 Å². The third-order valence-corrected chi connectivity index (χ3v) is 3.55. The highest BCUT2D eigenvalue weighted by molar-refractivity contribution is 5.44. The van der Waals surface area contributed by atoms with Crippen LogP contribution in [0.1, 0.15) is 29.5 Å². The zero-order chi connectivity index (χ0) is 15.9. The number of nitrogens with zero attached hydrogens (tertiary/aromatic N) is 1. The summed E-state index contributed by atoms with van der Waals surface area (Å²) in [6.07, 6.45) is 3.41. The summed E-state index contributed by atoms with van der Waals surface area (Å²) in [5.41, 5.74) is 13.5. The van der Waals surface area contributed by atoms with Gasteiger partial charge < -0.3 is 11.5 Å². The summed E-state index contributed by atoms with van der Waals surface area (Å²) in [6.45, 7) is 0.917. The summed E-state index contributed by atoms with van der Waals surface area (Å²) in [7, 11) is 0. The van der Waals surface area contributed by atoms with Gasteiger partial charge in [0, 0.05) is 0 Å². The number of rotatable bonds is 3. The molecule has 1 fully saturated rings. The Labute approximate surface area is 130 Å². The minimum absolute atomic E-state index is 0.152. The highest BCUT2D eigenvalue weighted by Crippen LogP contribution is 2.26. The van der Waals surface area contributed by atoms with Gasteiger partial charge in [-0.15, -0.1) is 0 Å². The normalized spacial score (nSPS) is 13.0. The van der Waals surface area contributed by atoms with Crippen LogP contribution in [-0.2, 0) is 6.42 Å². The molecule has 0 saturated heterocycles. The van der Waals surface area contributed by atoms with Gasteiger partial charge >= 0.3 is 0 Å². The van der Waals surface area contributed by atoms with Gasteiger partial charge in [-0.25, -0.2) is 4.39 Å². The lowest BCUT2D eigenvalue weighted by Crippen LogP contribution is -1.98. The van der Waals surface area contributed by atoms with Crippen molar-refractivity contribution < 1.29 is 4.39 Å². The van der Waals surface area contributed by atoms with E-state index in [9.17, 15) is 4.39 Å². The number of hydrogen-bond acceptors (Lipinski definition) is 3. The molecule has 22 heavy (non-hydrogen) atoms. The number of hydrogen-bond donors (Lipinski definition) is 2. The molecule has 2 aromatic rings. The van der Waals surface area contributed by atoms with E-state index < -0.39 is 5.82 Å². The first-order valence-corrected chi connectivity index (χ1v) is 7.35. The molecule has 3 rings (SSSR count).